The van der Waals surface area contributed by atoms with Crippen LogP contribution in [0.2, 0.25) is 0 Å². The zero-order valence-electron chi connectivity index (χ0n) is 19.4. The summed E-state index contributed by atoms with van der Waals surface area (Å²) in [6.07, 6.45) is -1.92. The van der Waals surface area contributed by atoms with E-state index in [0.29, 0.717) is 35.6 Å². The molecule has 5 heterocycles. The van der Waals surface area contributed by atoms with Gasteiger partial charge < -0.3 is 20.1 Å². The quantitative estimate of drug-likeness (QED) is 0.400. The Kier molecular flexibility index (Phi) is 5.95. The van der Waals surface area contributed by atoms with Crippen LogP contribution in [0.5, 0.6) is 0 Å². The molecule has 0 saturated carbocycles. The average molecular weight is 491 g/mol. The third-order valence-corrected chi connectivity index (χ3v) is 6.24. The Morgan fingerprint density at radius 1 is 1.20 bits per heavy atom. The minimum atomic E-state index is -2.59. The van der Waals surface area contributed by atoms with Crippen LogP contribution in [0, 0.1) is 12.7 Å². The zero-order valence-corrected chi connectivity index (χ0v) is 19.4. The first-order valence-electron chi connectivity index (χ1n) is 11.2. The number of nitrogens with zero attached hydrogens (tertiary/aromatic N) is 7. The maximum absolute atomic E-state index is 15.2. The molecule has 0 aromatic carbocycles. The Morgan fingerprint density at radius 2 is 2.00 bits per heavy atom. The second kappa shape index (κ2) is 8.95. The molecule has 0 spiro atoms. The minimum Gasteiger partial charge on any atom is -0.371 e. The van der Waals surface area contributed by atoms with Gasteiger partial charge in [-0.3, -0.25) is 0 Å². The number of hydrogen-bond acceptors (Lipinski definition) is 7. The van der Waals surface area contributed by atoms with E-state index < -0.39 is 31.0 Å². The molecule has 0 bridgehead atoms. The van der Waals surface area contributed by atoms with Gasteiger partial charge in [-0.2, -0.15) is 4.98 Å². The van der Waals surface area contributed by atoms with Crippen LogP contribution < -0.4 is 10.6 Å². The molecular weight excluding hydrogens is 466 g/mol. The summed E-state index contributed by atoms with van der Waals surface area (Å²) in [5.74, 6) is 0.250. The monoisotopic (exact) mass is 491 g/mol. The lowest BCUT2D eigenvalue weighted by molar-refractivity contribution is 0.127. The second-order valence-corrected chi connectivity index (χ2v) is 8.70. The molecule has 35 heavy (non-hydrogen) atoms. The van der Waals surface area contributed by atoms with E-state index >= 15 is 4.39 Å². The standard InChI is InChI=1S/C22H25F4N9/c1-11-28-16-5-4-15(29-21(16)34(11)10-17(25)26)18-13(24)9-35-19(18)20(27-2)31-22(32-35)30-14-6-7-33(3)8-12(14)23/h4-5,9,12,14,17H,6-8,10H2,1-3H3,(H2,27,30,31,32). The fraction of sp³-hybridized carbons (Fsp3) is 0.455. The lowest BCUT2D eigenvalue weighted by atomic mass is 10.0. The largest absolute Gasteiger partial charge is 0.371 e. The van der Waals surface area contributed by atoms with Gasteiger partial charge in [0.05, 0.1) is 30.0 Å². The lowest BCUT2D eigenvalue weighted by Crippen LogP contribution is -2.46. The summed E-state index contributed by atoms with van der Waals surface area (Å²) in [6.45, 7) is 2.09. The highest BCUT2D eigenvalue weighted by atomic mass is 19.3. The van der Waals surface area contributed by atoms with E-state index in [1.54, 1.807) is 26.1 Å². The first-order valence-corrected chi connectivity index (χ1v) is 11.2. The maximum atomic E-state index is 15.2. The van der Waals surface area contributed by atoms with Crippen LogP contribution in [0.1, 0.15) is 12.2 Å². The fourth-order valence-electron chi connectivity index (χ4n) is 4.53. The Labute approximate surface area is 198 Å². The molecule has 2 atom stereocenters. The SMILES string of the molecule is CNc1nc(NC2CCN(C)CC2F)nn2cc(F)c(-c3ccc4nc(C)n(CC(F)F)c4n3)c12. The van der Waals surface area contributed by atoms with Gasteiger partial charge in [0.15, 0.2) is 17.3 Å². The number of likely N-dealkylation sites (tertiary alicyclic amines) is 1. The van der Waals surface area contributed by atoms with E-state index in [4.69, 9.17) is 0 Å². The molecule has 1 aliphatic heterocycles. The normalized spacial score (nSPS) is 19.2. The smallest absolute Gasteiger partial charge is 0.256 e. The Morgan fingerprint density at radius 3 is 2.71 bits per heavy atom. The number of nitrogens with one attached hydrogen (secondary N) is 2. The predicted molar refractivity (Wildman–Crippen MR) is 124 cm³/mol. The van der Waals surface area contributed by atoms with Crippen molar-refractivity contribution in [1.82, 2.24) is 34.0 Å². The number of rotatable bonds is 6. The van der Waals surface area contributed by atoms with Gasteiger partial charge in [-0.1, -0.05) is 0 Å². The number of pyridine rings is 1. The second-order valence-electron chi connectivity index (χ2n) is 8.70. The van der Waals surface area contributed by atoms with Crippen LogP contribution in [0.4, 0.5) is 29.3 Å². The van der Waals surface area contributed by atoms with E-state index in [1.807, 2.05) is 11.9 Å². The van der Waals surface area contributed by atoms with Crippen molar-refractivity contribution in [3.63, 3.8) is 0 Å². The molecule has 1 saturated heterocycles. The highest BCUT2D eigenvalue weighted by Gasteiger charge is 2.29. The summed E-state index contributed by atoms with van der Waals surface area (Å²) in [5, 5.41) is 10.3. The Balaban J connectivity index is 1.57. The van der Waals surface area contributed by atoms with Crippen LogP contribution >= 0.6 is 0 Å². The summed E-state index contributed by atoms with van der Waals surface area (Å²) in [6, 6.07) is 2.74. The van der Waals surface area contributed by atoms with Crippen LogP contribution in [-0.4, -0.2) is 79.9 Å². The number of fused-ring (bicyclic) bond motifs is 2. The van der Waals surface area contributed by atoms with Crippen LogP contribution in [-0.2, 0) is 6.54 Å². The molecule has 9 nitrogen and oxygen atoms in total. The third kappa shape index (κ3) is 4.24. The number of aromatic nitrogens is 6. The van der Waals surface area contributed by atoms with Gasteiger partial charge in [0, 0.05) is 20.1 Å². The molecule has 4 aromatic heterocycles. The topological polar surface area (TPSA) is 88.2 Å². The van der Waals surface area contributed by atoms with Crippen molar-refractivity contribution in [3.05, 3.63) is 30.0 Å². The molecule has 4 aromatic rings. The number of aryl methyl sites for hydroxylation is 1. The fourth-order valence-corrected chi connectivity index (χ4v) is 4.53. The number of halogens is 4. The molecule has 186 valence electrons. The summed E-state index contributed by atoms with van der Waals surface area (Å²) in [7, 11) is 3.49. The molecule has 0 radical (unpaired) electrons. The molecular formula is C22H25F4N9. The summed E-state index contributed by atoms with van der Waals surface area (Å²) < 4.78 is 58.6. The number of hydrogen-bond donors (Lipinski definition) is 2. The molecule has 13 heteroatoms. The van der Waals surface area contributed by atoms with Gasteiger partial charge in [0.2, 0.25) is 5.95 Å². The number of alkyl halides is 3. The molecule has 2 unspecified atom stereocenters. The van der Waals surface area contributed by atoms with E-state index in [2.05, 4.69) is 30.7 Å². The van der Waals surface area contributed by atoms with Gasteiger partial charge in [-0.05, 0) is 32.5 Å². The first kappa shape index (κ1) is 23.3. The summed E-state index contributed by atoms with van der Waals surface area (Å²) >= 11 is 0. The molecule has 5 rings (SSSR count). The van der Waals surface area contributed by atoms with Gasteiger partial charge in [-0.25, -0.2) is 32.0 Å². The van der Waals surface area contributed by atoms with Crippen molar-refractivity contribution >= 4 is 28.4 Å². The van der Waals surface area contributed by atoms with Crippen molar-refractivity contribution in [1.29, 1.82) is 0 Å². The molecule has 1 fully saturated rings. The van der Waals surface area contributed by atoms with Gasteiger partial charge in [0.25, 0.3) is 6.43 Å². The van der Waals surface area contributed by atoms with E-state index in [9.17, 15) is 13.2 Å². The van der Waals surface area contributed by atoms with Crippen molar-refractivity contribution in [2.45, 2.75) is 38.5 Å². The lowest BCUT2D eigenvalue weighted by Gasteiger charge is -2.32. The van der Waals surface area contributed by atoms with Crippen molar-refractivity contribution in [2.24, 2.45) is 0 Å². The predicted octanol–water partition coefficient (Wildman–Crippen LogP) is 3.35. The average Bonchev–Trinajstić information content (AvgIpc) is 3.30. The number of piperidine rings is 1. The highest BCUT2D eigenvalue weighted by molar-refractivity contribution is 5.89. The Hall–Kier alpha value is -3.48. The van der Waals surface area contributed by atoms with Gasteiger partial charge in [0.1, 0.15) is 23.0 Å². The molecule has 2 N–H and O–H groups in total. The van der Waals surface area contributed by atoms with Crippen LogP contribution in [0.25, 0.3) is 27.9 Å². The first-order chi connectivity index (χ1) is 16.7. The Bertz CT molecular complexity index is 1380. The van der Waals surface area contributed by atoms with E-state index in [-0.39, 0.29) is 22.9 Å². The number of anilines is 2. The third-order valence-electron chi connectivity index (χ3n) is 6.24. The maximum Gasteiger partial charge on any atom is 0.256 e. The van der Waals surface area contributed by atoms with Crippen molar-refractivity contribution in [3.8, 4) is 11.3 Å². The van der Waals surface area contributed by atoms with E-state index in [0.717, 1.165) is 6.54 Å². The van der Waals surface area contributed by atoms with Gasteiger partial charge >= 0.3 is 0 Å². The summed E-state index contributed by atoms with van der Waals surface area (Å²) in [5.41, 5.74) is 1.34. The van der Waals surface area contributed by atoms with Crippen LogP contribution in [0.15, 0.2) is 18.3 Å². The van der Waals surface area contributed by atoms with Crippen molar-refractivity contribution in [2.75, 3.05) is 37.8 Å². The van der Waals surface area contributed by atoms with Crippen LogP contribution in [0.3, 0.4) is 0 Å². The zero-order chi connectivity index (χ0) is 24.9. The molecule has 0 amide bonds. The van der Waals surface area contributed by atoms with E-state index in [1.165, 1.54) is 15.3 Å². The molecule has 1 aliphatic rings. The molecule has 0 aliphatic carbocycles. The summed E-state index contributed by atoms with van der Waals surface area (Å²) in [4.78, 5) is 15.1. The van der Waals surface area contributed by atoms with Gasteiger partial charge in [-0.15, -0.1) is 5.10 Å². The number of imidazole rings is 1. The minimum absolute atomic E-state index is 0.118. The van der Waals surface area contributed by atoms with Crippen molar-refractivity contribution < 1.29 is 17.6 Å². The highest BCUT2D eigenvalue weighted by Crippen LogP contribution is 2.33.